The second-order valence-electron chi connectivity index (χ2n) is 8.53. The number of benzene rings is 3. The third-order valence-electron chi connectivity index (χ3n) is 5.86. The zero-order valence-corrected chi connectivity index (χ0v) is 22.2. The van der Waals surface area contributed by atoms with Crippen LogP contribution in [0.2, 0.25) is 0 Å². The van der Waals surface area contributed by atoms with Crippen LogP contribution in [0, 0.1) is 0 Å². The average molecular weight is 563 g/mol. The Morgan fingerprint density at radius 3 is 2.13 bits per heavy atom. The summed E-state index contributed by atoms with van der Waals surface area (Å²) >= 11 is 0. The van der Waals surface area contributed by atoms with E-state index in [2.05, 4.69) is 20.3 Å². The Hall–Kier alpha value is -3.90. The molecule has 0 aliphatic rings. The van der Waals surface area contributed by atoms with Gasteiger partial charge < -0.3 is 15.5 Å². The summed E-state index contributed by atoms with van der Waals surface area (Å²) in [4.78, 5) is 27.0. The van der Waals surface area contributed by atoms with E-state index in [1.54, 1.807) is 24.3 Å². The van der Waals surface area contributed by atoms with Gasteiger partial charge in [0.15, 0.2) is 0 Å². The molecule has 0 atom stereocenters. The maximum absolute atomic E-state index is 13.0. The number of nitrogens with one attached hydrogen (secondary N) is 3. The number of carbonyl (C=O) groups excluding carboxylic acids is 2. The molecule has 39 heavy (non-hydrogen) atoms. The molecule has 0 spiro atoms. The zero-order valence-electron chi connectivity index (χ0n) is 21.4. The number of amides is 2. The Balaban J connectivity index is 1.65. The fourth-order valence-electron chi connectivity index (χ4n) is 3.66. The SMILES string of the molecule is CCN(CC)CCNC(=O)c1ccc(NC(=O)c2cccc(S(=O)(=O)Nc3cccc(C(F)(F)F)c3)c2)cc1. The molecule has 3 rings (SSSR count). The third kappa shape index (κ3) is 8.29. The minimum Gasteiger partial charge on any atom is -0.351 e. The summed E-state index contributed by atoms with van der Waals surface area (Å²) in [6.45, 7) is 7.11. The minimum atomic E-state index is -4.63. The molecule has 8 nitrogen and oxygen atoms in total. The fourth-order valence-corrected chi connectivity index (χ4v) is 4.75. The molecule has 0 unspecified atom stereocenters. The van der Waals surface area contributed by atoms with Gasteiger partial charge in [-0.05, 0) is 73.8 Å². The van der Waals surface area contributed by atoms with Crippen molar-refractivity contribution >= 4 is 33.2 Å². The topological polar surface area (TPSA) is 108 Å². The number of hydrogen-bond acceptors (Lipinski definition) is 5. The number of carbonyl (C=O) groups is 2. The Morgan fingerprint density at radius 1 is 0.821 bits per heavy atom. The van der Waals surface area contributed by atoms with E-state index >= 15 is 0 Å². The van der Waals surface area contributed by atoms with Crippen LogP contribution in [0.25, 0.3) is 0 Å². The molecular weight excluding hydrogens is 533 g/mol. The molecule has 0 bridgehead atoms. The molecule has 3 aromatic carbocycles. The predicted molar refractivity (Wildman–Crippen MR) is 143 cm³/mol. The maximum Gasteiger partial charge on any atom is 0.416 e. The lowest BCUT2D eigenvalue weighted by molar-refractivity contribution is -0.137. The van der Waals surface area contributed by atoms with Crippen molar-refractivity contribution in [2.45, 2.75) is 24.9 Å². The Labute approximate surface area is 225 Å². The quantitative estimate of drug-likeness (QED) is 0.310. The lowest BCUT2D eigenvalue weighted by Crippen LogP contribution is -2.34. The highest BCUT2D eigenvalue weighted by Crippen LogP contribution is 2.31. The first-order valence-electron chi connectivity index (χ1n) is 12.1. The second-order valence-corrected chi connectivity index (χ2v) is 10.2. The van der Waals surface area contributed by atoms with Crippen LogP contribution in [-0.4, -0.2) is 51.3 Å². The first-order valence-corrected chi connectivity index (χ1v) is 13.6. The van der Waals surface area contributed by atoms with Crippen LogP contribution in [0.4, 0.5) is 24.5 Å². The van der Waals surface area contributed by atoms with Gasteiger partial charge in [0.1, 0.15) is 0 Å². The number of likely N-dealkylation sites (N-methyl/N-ethyl adjacent to an activating group) is 1. The van der Waals surface area contributed by atoms with Crippen molar-refractivity contribution in [1.82, 2.24) is 10.2 Å². The Kier molecular flexibility index (Phi) is 9.71. The zero-order chi connectivity index (χ0) is 28.6. The molecule has 2 amide bonds. The number of nitrogens with zero attached hydrogens (tertiary/aromatic N) is 1. The van der Waals surface area contributed by atoms with Gasteiger partial charge >= 0.3 is 6.18 Å². The van der Waals surface area contributed by atoms with Gasteiger partial charge in [0.2, 0.25) is 0 Å². The average Bonchev–Trinajstić information content (AvgIpc) is 2.91. The van der Waals surface area contributed by atoms with Crippen molar-refractivity contribution in [3.63, 3.8) is 0 Å². The fraction of sp³-hybridized carbons (Fsp3) is 0.259. The van der Waals surface area contributed by atoms with Crippen molar-refractivity contribution in [3.05, 3.63) is 89.5 Å². The maximum atomic E-state index is 13.0. The molecular formula is C27H29F3N4O4S. The van der Waals surface area contributed by atoms with Gasteiger partial charge in [0.05, 0.1) is 10.5 Å². The van der Waals surface area contributed by atoms with Crippen LogP contribution in [-0.2, 0) is 16.2 Å². The largest absolute Gasteiger partial charge is 0.416 e. The standard InChI is InChI=1S/C27H29F3N4O4S/c1-3-34(4-2)16-15-31-25(35)19-11-13-22(14-12-19)32-26(36)20-7-5-10-24(17-20)39(37,38)33-23-9-6-8-21(18-23)27(28,29)30/h5-14,17-18,33H,3-4,15-16H2,1-2H3,(H,31,35)(H,32,36). The first kappa shape index (κ1) is 29.7. The minimum absolute atomic E-state index is 0.0140. The number of hydrogen-bond donors (Lipinski definition) is 3. The van der Waals surface area contributed by atoms with Crippen LogP contribution >= 0.6 is 0 Å². The van der Waals surface area contributed by atoms with Gasteiger partial charge in [-0.3, -0.25) is 14.3 Å². The van der Waals surface area contributed by atoms with Gasteiger partial charge in [0.25, 0.3) is 21.8 Å². The molecule has 0 radical (unpaired) electrons. The number of halogens is 3. The molecule has 0 aromatic heterocycles. The highest BCUT2D eigenvalue weighted by atomic mass is 32.2. The number of sulfonamides is 1. The molecule has 12 heteroatoms. The van der Waals surface area contributed by atoms with E-state index in [1.807, 2.05) is 13.8 Å². The van der Waals surface area contributed by atoms with Crippen LogP contribution in [0.15, 0.2) is 77.7 Å². The summed E-state index contributed by atoms with van der Waals surface area (Å²) in [6.07, 6.45) is -4.63. The predicted octanol–water partition coefficient (Wildman–Crippen LogP) is 4.83. The van der Waals surface area contributed by atoms with Crippen LogP contribution in [0.5, 0.6) is 0 Å². The van der Waals surface area contributed by atoms with E-state index in [-0.39, 0.29) is 22.1 Å². The van der Waals surface area contributed by atoms with Crippen molar-refractivity contribution < 1.29 is 31.2 Å². The smallest absolute Gasteiger partial charge is 0.351 e. The van der Waals surface area contributed by atoms with Gasteiger partial charge in [0, 0.05) is 35.6 Å². The number of rotatable bonds is 11. The molecule has 0 aliphatic heterocycles. The normalized spacial score (nSPS) is 11.7. The summed E-state index contributed by atoms with van der Waals surface area (Å²) in [5.41, 5.74) is -0.452. The molecule has 0 fully saturated rings. The van der Waals surface area contributed by atoms with E-state index in [0.717, 1.165) is 37.8 Å². The molecule has 0 heterocycles. The first-order chi connectivity index (χ1) is 18.4. The van der Waals surface area contributed by atoms with Crippen molar-refractivity contribution in [3.8, 4) is 0 Å². The lowest BCUT2D eigenvalue weighted by Gasteiger charge is -2.18. The monoisotopic (exact) mass is 562 g/mol. The summed E-state index contributed by atoms with van der Waals surface area (Å²) < 4.78 is 66.6. The lowest BCUT2D eigenvalue weighted by atomic mass is 10.1. The van der Waals surface area contributed by atoms with Gasteiger partial charge in [-0.15, -0.1) is 0 Å². The second kappa shape index (κ2) is 12.8. The summed E-state index contributed by atoms with van der Waals surface area (Å²) in [5, 5.41) is 5.48. The molecule has 3 N–H and O–H groups in total. The molecule has 0 aliphatic carbocycles. The van der Waals surface area contributed by atoms with Crippen LogP contribution in [0.1, 0.15) is 40.1 Å². The van der Waals surface area contributed by atoms with E-state index in [0.29, 0.717) is 23.9 Å². The molecule has 0 saturated heterocycles. The van der Waals surface area contributed by atoms with E-state index in [1.165, 1.54) is 24.3 Å². The highest BCUT2D eigenvalue weighted by molar-refractivity contribution is 7.92. The van der Waals surface area contributed by atoms with Gasteiger partial charge in [-0.1, -0.05) is 26.0 Å². The summed E-state index contributed by atoms with van der Waals surface area (Å²) in [6, 6.07) is 15.1. The third-order valence-corrected chi connectivity index (χ3v) is 7.24. The number of anilines is 2. The summed E-state index contributed by atoms with van der Waals surface area (Å²) in [7, 11) is -4.28. The summed E-state index contributed by atoms with van der Waals surface area (Å²) in [5.74, 6) is -0.853. The molecule has 208 valence electrons. The Bertz CT molecular complexity index is 1410. The van der Waals surface area contributed by atoms with E-state index in [9.17, 15) is 31.2 Å². The molecule has 3 aromatic rings. The molecule has 0 saturated carbocycles. The van der Waals surface area contributed by atoms with Gasteiger partial charge in [-0.25, -0.2) is 8.42 Å². The van der Waals surface area contributed by atoms with Crippen molar-refractivity contribution in [2.24, 2.45) is 0 Å². The number of alkyl halides is 3. The van der Waals surface area contributed by atoms with Crippen molar-refractivity contribution in [2.75, 3.05) is 36.2 Å². The van der Waals surface area contributed by atoms with Crippen LogP contribution in [0.3, 0.4) is 0 Å². The van der Waals surface area contributed by atoms with E-state index in [4.69, 9.17) is 0 Å². The highest BCUT2D eigenvalue weighted by Gasteiger charge is 2.30. The van der Waals surface area contributed by atoms with Crippen LogP contribution < -0.4 is 15.4 Å². The van der Waals surface area contributed by atoms with Gasteiger partial charge in [-0.2, -0.15) is 13.2 Å². The van der Waals surface area contributed by atoms with E-state index < -0.39 is 27.7 Å². The Morgan fingerprint density at radius 2 is 1.49 bits per heavy atom. The van der Waals surface area contributed by atoms with Crippen molar-refractivity contribution in [1.29, 1.82) is 0 Å².